The molecule has 2 rings (SSSR count). The number of rotatable bonds is 1. The van der Waals surface area contributed by atoms with Gasteiger partial charge in [0.15, 0.2) is 0 Å². The molecule has 2 aliphatic rings. The van der Waals surface area contributed by atoms with E-state index < -0.39 is 54.0 Å². The number of hydrogen-bond donors (Lipinski definition) is 4. The number of esters is 1. The van der Waals surface area contributed by atoms with Crippen molar-refractivity contribution in [3.8, 4) is 0 Å². The van der Waals surface area contributed by atoms with Crippen LogP contribution in [-0.4, -0.2) is 70.6 Å². The lowest BCUT2D eigenvalue weighted by atomic mass is 9.96. The topological polar surface area (TPSA) is 134 Å². The summed E-state index contributed by atoms with van der Waals surface area (Å²) in [5.74, 6) is -1.17. The standard InChI is InChI=1S/C20H31N3O6S2/c1-11(2)18-15(24)9-17(26)29-13-6-4-5-7-30-31-10-14(20(28)23-18)22-19(27)12(3)21-16(25)8-13/h4,6,11-15,18,24H,5,7-10H2,1-3H3,(H,21,25)(H,22,27)(H,23,28)/b6-4-. The number of hydrogen-bond acceptors (Lipinski definition) is 8. The fourth-order valence-corrected chi connectivity index (χ4v) is 5.36. The molecule has 5 unspecified atom stereocenters. The fourth-order valence-electron chi connectivity index (χ4n) is 3.20. The maximum Gasteiger partial charge on any atom is 0.309 e. The Balaban J connectivity index is 2.41. The highest BCUT2D eigenvalue weighted by Crippen LogP contribution is 2.24. The van der Waals surface area contributed by atoms with E-state index in [1.54, 1.807) is 16.9 Å². The molecule has 0 saturated carbocycles. The van der Waals surface area contributed by atoms with Gasteiger partial charge in [-0.1, -0.05) is 41.5 Å². The molecule has 1 saturated heterocycles. The van der Waals surface area contributed by atoms with Crippen molar-refractivity contribution in [1.29, 1.82) is 0 Å². The highest BCUT2D eigenvalue weighted by atomic mass is 33.1. The Morgan fingerprint density at radius 1 is 1.06 bits per heavy atom. The number of aliphatic hydroxyl groups is 1. The summed E-state index contributed by atoms with van der Waals surface area (Å²) >= 11 is 0. The van der Waals surface area contributed by atoms with Gasteiger partial charge < -0.3 is 25.8 Å². The van der Waals surface area contributed by atoms with Crippen LogP contribution in [0.1, 0.15) is 40.0 Å². The Kier molecular flexibility index (Phi) is 10.2. The zero-order valence-corrected chi connectivity index (χ0v) is 19.6. The molecule has 2 heterocycles. The largest absolute Gasteiger partial charge is 0.457 e. The maximum atomic E-state index is 13.0. The number of allylic oxidation sites excluding steroid dienone is 1. The molecule has 9 nitrogen and oxygen atoms in total. The second-order valence-electron chi connectivity index (χ2n) is 7.96. The number of ether oxygens (including phenoxy) is 1. The monoisotopic (exact) mass is 473 g/mol. The van der Waals surface area contributed by atoms with Crippen molar-refractivity contribution in [2.24, 2.45) is 5.92 Å². The quantitative estimate of drug-likeness (QED) is 0.246. The van der Waals surface area contributed by atoms with Crippen LogP contribution in [0.25, 0.3) is 0 Å². The van der Waals surface area contributed by atoms with Crippen LogP contribution >= 0.6 is 21.6 Å². The molecule has 4 N–H and O–H groups in total. The van der Waals surface area contributed by atoms with Gasteiger partial charge in [-0.3, -0.25) is 19.2 Å². The molecule has 11 heteroatoms. The molecule has 31 heavy (non-hydrogen) atoms. The highest BCUT2D eigenvalue weighted by Gasteiger charge is 2.32. The number of amides is 3. The van der Waals surface area contributed by atoms with E-state index >= 15 is 0 Å². The van der Waals surface area contributed by atoms with Crippen molar-refractivity contribution < 1.29 is 29.0 Å². The lowest BCUT2D eigenvalue weighted by Crippen LogP contribution is -2.57. The van der Waals surface area contributed by atoms with Crippen LogP contribution in [0.5, 0.6) is 0 Å². The van der Waals surface area contributed by atoms with Gasteiger partial charge in [-0.15, -0.1) is 0 Å². The fraction of sp³-hybridized carbons (Fsp3) is 0.700. The second kappa shape index (κ2) is 12.4. The maximum absolute atomic E-state index is 13.0. The highest BCUT2D eigenvalue weighted by molar-refractivity contribution is 8.76. The van der Waals surface area contributed by atoms with Crippen molar-refractivity contribution in [3.05, 3.63) is 12.2 Å². The molecule has 1 fully saturated rings. The summed E-state index contributed by atoms with van der Waals surface area (Å²) in [5.41, 5.74) is 0. The van der Waals surface area contributed by atoms with E-state index in [-0.39, 0.29) is 18.8 Å². The Hall–Kier alpha value is -1.72. The van der Waals surface area contributed by atoms with Crippen LogP contribution in [0.15, 0.2) is 12.2 Å². The third-order valence-corrected chi connectivity index (χ3v) is 7.37. The number of carbonyl (C=O) groups excluding carboxylic acids is 4. The van der Waals surface area contributed by atoms with E-state index in [1.165, 1.54) is 17.7 Å². The normalized spacial score (nSPS) is 33.1. The number of fused-ring (bicyclic) bond motifs is 7. The summed E-state index contributed by atoms with van der Waals surface area (Å²) in [4.78, 5) is 50.4. The summed E-state index contributed by atoms with van der Waals surface area (Å²) in [6, 6.07) is -2.44. The lowest BCUT2D eigenvalue weighted by Gasteiger charge is -2.29. The predicted octanol–water partition coefficient (Wildman–Crippen LogP) is 0.525. The summed E-state index contributed by atoms with van der Waals surface area (Å²) in [5, 5.41) is 18.7. The van der Waals surface area contributed by atoms with Crippen molar-refractivity contribution in [1.82, 2.24) is 16.0 Å². The van der Waals surface area contributed by atoms with E-state index in [1.807, 2.05) is 19.9 Å². The molecule has 3 amide bonds. The Labute approximate surface area is 190 Å². The zero-order chi connectivity index (χ0) is 23.0. The van der Waals surface area contributed by atoms with Crippen molar-refractivity contribution in [2.45, 2.75) is 70.4 Å². The van der Waals surface area contributed by atoms with Crippen molar-refractivity contribution in [3.63, 3.8) is 0 Å². The predicted molar refractivity (Wildman–Crippen MR) is 120 cm³/mol. The van der Waals surface area contributed by atoms with Crippen LogP contribution < -0.4 is 16.0 Å². The molecule has 0 aliphatic carbocycles. The van der Waals surface area contributed by atoms with Crippen LogP contribution in [0.4, 0.5) is 0 Å². The van der Waals surface area contributed by atoms with Crippen molar-refractivity contribution in [2.75, 3.05) is 11.5 Å². The minimum atomic E-state index is -1.18. The van der Waals surface area contributed by atoms with Gasteiger partial charge in [-0.2, -0.15) is 0 Å². The van der Waals surface area contributed by atoms with E-state index in [0.29, 0.717) is 12.2 Å². The lowest BCUT2D eigenvalue weighted by molar-refractivity contribution is -0.151. The van der Waals surface area contributed by atoms with E-state index in [9.17, 15) is 24.3 Å². The second-order valence-corrected chi connectivity index (χ2v) is 10.6. The minimum absolute atomic E-state index is 0.147. The molecule has 2 aliphatic heterocycles. The van der Waals surface area contributed by atoms with E-state index in [4.69, 9.17) is 4.74 Å². The summed E-state index contributed by atoms with van der Waals surface area (Å²) in [6.07, 6.45) is 1.72. The van der Waals surface area contributed by atoms with Crippen LogP contribution in [0.3, 0.4) is 0 Å². The third-order valence-electron chi connectivity index (χ3n) is 4.93. The van der Waals surface area contributed by atoms with Crippen molar-refractivity contribution >= 4 is 45.3 Å². The molecule has 0 spiro atoms. The van der Waals surface area contributed by atoms with Crippen LogP contribution in [-0.2, 0) is 23.9 Å². The van der Waals surface area contributed by atoms with E-state index in [0.717, 1.165) is 5.75 Å². The van der Waals surface area contributed by atoms with Gasteiger partial charge in [0.2, 0.25) is 17.7 Å². The Bertz CT molecular complexity index is 702. The van der Waals surface area contributed by atoms with E-state index in [2.05, 4.69) is 16.0 Å². The third kappa shape index (κ3) is 8.38. The number of nitrogens with one attached hydrogen (secondary N) is 3. The van der Waals surface area contributed by atoms with Gasteiger partial charge in [0.25, 0.3) is 0 Å². The van der Waals surface area contributed by atoms with Gasteiger partial charge in [0.1, 0.15) is 18.2 Å². The molecule has 0 aromatic rings. The summed E-state index contributed by atoms with van der Waals surface area (Å²) in [7, 11) is 3.02. The first kappa shape index (κ1) is 25.5. The van der Waals surface area contributed by atoms with Crippen LogP contribution in [0.2, 0.25) is 0 Å². The SMILES string of the molecule is CC1NC(=O)CC2/C=C\CCSSCC(NC1=O)C(=O)NC(C(C)C)C(O)CC(=O)O2. The average molecular weight is 474 g/mol. The first-order chi connectivity index (χ1) is 14.7. The van der Waals surface area contributed by atoms with Gasteiger partial charge in [0, 0.05) is 11.5 Å². The molecular weight excluding hydrogens is 442 g/mol. The molecule has 5 atom stereocenters. The molecule has 174 valence electrons. The molecule has 0 radical (unpaired) electrons. The summed E-state index contributed by atoms with van der Waals surface area (Å²) in [6.45, 7) is 5.17. The molecule has 0 aromatic carbocycles. The molecule has 0 aromatic heterocycles. The van der Waals surface area contributed by atoms with Gasteiger partial charge in [0.05, 0.1) is 25.0 Å². The molecule has 2 bridgehead atoms. The van der Waals surface area contributed by atoms with Crippen LogP contribution in [0, 0.1) is 5.92 Å². The van der Waals surface area contributed by atoms with Gasteiger partial charge in [-0.25, -0.2) is 0 Å². The van der Waals surface area contributed by atoms with Gasteiger partial charge in [-0.05, 0) is 25.3 Å². The Morgan fingerprint density at radius 3 is 2.52 bits per heavy atom. The smallest absolute Gasteiger partial charge is 0.309 e. The molecular formula is C20H31N3O6S2. The first-order valence-corrected chi connectivity index (χ1v) is 12.8. The van der Waals surface area contributed by atoms with Gasteiger partial charge >= 0.3 is 5.97 Å². The minimum Gasteiger partial charge on any atom is -0.457 e. The zero-order valence-electron chi connectivity index (χ0n) is 18.0. The average Bonchev–Trinajstić information content (AvgIpc) is 2.68. The number of carbonyl (C=O) groups is 4. The Morgan fingerprint density at radius 2 is 1.81 bits per heavy atom. The summed E-state index contributed by atoms with van der Waals surface area (Å²) < 4.78 is 5.43. The first-order valence-electron chi connectivity index (χ1n) is 10.4. The number of aliphatic hydroxyl groups excluding tert-OH is 1.